The van der Waals surface area contributed by atoms with Gasteiger partial charge in [0.1, 0.15) is 0 Å². The molecule has 1 nitrogen and oxygen atoms in total. The molecule has 0 aliphatic carbocycles. The van der Waals surface area contributed by atoms with Crippen LogP contribution in [-0.2, 0) is 0 Å². The van der Waals surface area contributed by atoms with Crippen LogP contribution in [0.25, 0.3) is 42.0 Å². The minimum atomic E-state index is 1.11. The van der Waals surface area contributed by atoms with E-state index in [0.29, 0.717) is 0 Å². The molecule has 0 aliphatic rings. The third kappa shape index (κ3) is 1.56. The Balaban J connectivity index is 2.06. The fourth-order valence-corrected chi connectivity index (χ4v) is 4.69. The van der Waals surface area contributed by atoms with E-state index >= 15 is 0 Å². The topological polar surface area (TPSA) is 15.8 Å². The van der Waals surface area contributed by atoms with Crippen molar-refractivity contribution in [2.75, 3.05) is 0 Å². The number of thiophene rings is 1. The molecule has 0 bridgehead atoms. The second-order valence-corrected chi connectivity index (χ2v) is 7.25. The monoisotopic (exact) mass is 351 g/mol. The number of H-pyrrole nitrogens is 1. The van der Waals surface area contributed by atoms with Gasteiger partial charge < -0.3 is 4.98 Å². The largest absolute Gasteiger partial charge is 0.353 e. The highest BCUT2D eigenvalue weighted by atomic mass is 79.9. The van der Waals surface area contributed by atoms with Gasteiger partial charge in [0.15, 0.2) is 0 Å². The van der Waals surface area contributed by atoms with Gasteiger partial charge in [-0.1, -0.05) is 52.3 Å². The molecule has 0 amide bonds. The molecule has 100 valence electrons. The second-order valence-electron chi connectivity index (χ2n) is 5.28. The second kappa shape index (κ2) is 4.09. The van der Waals surface area contributed by atoms with Gasteiger partial charge in [-0.25, -0.2) is 0 Å². The fraction of sp³-hybridized carbons (Fsp3) is 0. The van der Waals surface area contributed by atoms with E-state index in [1.54, 1.807) is 0 Å². The molecule has 5 aromatic rings. The Morgan fingerprint density at radius 3 is 2.57 bits per heavy atom. The number of hydrogen-bond acceptors (Lipinski definition) is 1. The first-order valence-corrected chi connectivity index (χ1v) is 8.43. The molecule has 3 heteroatoms. The van der Waals surface area contributed by atoms with E-state index in [9.17, 15) is 0 Å². The van der Waals surface area contributed by atoms with Crippen LogP contribution in [0.5, 0.6) is 0 Å². The highest BCUT2D eigenvalue weighted by molar-refractivity contribution is 9.10. The van der Waals surface area contributed by atoms with Crippen molar-refractivity contribution in [1.29, 1.82) is 0 Å². The molecule has 0 atom stereocenters. The maximum atomic E-state index is 3.60. The summed E-state index contributed by atoms with van der Waals surface area (Å²) in [5.74, 6) is 0. The van der Waals surface area contributed by atoms with Crippen LogP contribution >= 0.6 is 27.3 Å². The smallest absolute Gasteiger partial charge is 0.0646 e. The molecule has 0 unspecified atom stereocenters. The summed E-state index contributed by atoms with van der Waals surface area (Å²) in [6, 6.07) is 19.6. The quantitative estimate of drug-likeness (QED) is 0.330. The van der Waals surface area contributed by atoms with Crippen LogP contribution in [0.3, 0.4) is 0 Å². The van der Waals surface area contributed by atoms with Gasteiger partial charge in [0.25, 0.3) is 0 Å². The highest BCUT2D eigenvalue weighted by Gasteiger charge is 2.11. The average Bonchev–Trinajstić information content (AvgIpc) is 3.04. The zero-order chi connectivity index (χ0) is 14.0. The van der Waals surface area contributed by atoms with Gasteiger partial charge in [-0.15, -0.1) is 11.3 Å². The standard InChI is InChI=1S/C18H10BrNS/c19-10-5-6-11-13-7-8-14-12-3-1-2-4-16(12)21-18(14)17(13)20-15(11)9-10/h1-9,20H. The molecule has 0 radical (unpaired) electrons. The first-order valence-electron chi connectivity index (χ1n) is 6.82. The Hall–Kier alpha value is -1.84. The summed E-state index contributed by atoms with van der Waals surface area (Å²) in [5.41, 5.74) is 2.44. The van der Waals surface area contributed by atoms with Crippen molar-refractivity contribution < 1.29 is 0 Å². The lowest BCUT2D eigenvalue weighted by atomic mass is 10.1. The van der Waals surface area contributed by atoms with Crippen molar-refractivity contribution in [3.05, 3.63) is 59.1 Å². The Morgan fingerprint density at radius 2 is 1.62 bits per heavy atom. The minimum Gasteiger partial charge on any atom is -0.353 e. The van der Waals surface area contributed by atoms with Crippen LogP contribution in [0.2, 0.25) is 0 Å². The zero-order valence-electron chi connectivity index (χ0n) is 11.0. The fourth-order valence-electron chi connectivity index (χ4n) is 3.13. The van der Waals surface area contributed by atoms with E-state index in [0.717, 1.165) is 4.47 Å². The summed E-state index contributed by atoms with van der Waals surface area (Å²) in [5, 5.41) is 5.28. The van der Waals surface area contributed by atoms with Crippen molar-refractivity contribution in [2.45, 2.75) is 0 Å². The maximum Gasteiger partial charge on any atom is 0.0646 e. The normalized spacial score (nSPS) is 12.0. The lowest BCUT2D eigenvalue weighted by molar-refractivity contribution is 1.56. The summed E-state index contributed by atoms with van der Waals surface area (Å²) in [6.07, 6.45) is 0. The van der Waals surface area contributed by atoms with Gasteiger partial charge in [0.2, 0.25) is 0 Å². The molecule has 2 heterocycles. The molecular formula is C18H10BrNS. The maximum absolute atomic E-state index is 3.60. The van der Waals surface area contributed by atoms with E-state index in [1.165, 1.54) is 42.0 Å². The number of rotatable bonds is 0. The van der Waals surface area contributed by atoms with Crippen molar-refractivity contribution in [3.8, 4) is 0 Å². The number of hydrogen-bond donors (Lipinski definition) is 1. The van der Waals surface area contributed by atoms with Gasteiger partial charge in [-0.2, -0.15) is 0 Å². The number of fused-ring (bicyclic) bond motifs is 7. The van der Waals surface area contributed by atoms with E-state index in [1.807, 2.05) is 11.3 Å². The minimum absolute atomic E-state index is 1.11. The van der Waals surface area contributed by atoms with Gasteiger partial charge in [-0.05, 0) is 18.2 Å². The molecule has 0 saturated carbocycles. The number of benzene rings is 3. The van der Waals surface area contributed by atoms with Crippen molar-refractivity contribution in [2.24, 2.45) is 0 Å². The summed E-state index contributed by atoms with van der Waals surface area (Å²) in [6.45, 7) is 0. The van der Waals surface area contributed by atoms with Crippen LogP contribution < -0.4 is 0 Å². The zero-order valence-corrected chi connectivity index (χ0v) is 13.4. The molecule has 1 N–H and O–H groups in total. The van der Waals surface area contributed by atoms with E-state index < -0.39 is 0 Å². The molecule has 0 saturated heterocycles. The van der Waals surface area contributed by atoms with Crippen molar-refractivity contribution >= 4 is 69.2 Å². The van der Waals surface area contributed by atoms with Gasteiger partial charge in [-0.3, -0.25) is 0 Å². The van der Waals surface area contributed by atoms with Gasteiger partial charge in [0, 0.05) is 36.2 Å². The van der Waals surface area contributed by atoms with Crippen molar-refractivity contribution in [3.63, 3.8) is 0 Å². The molecule has 2 aromatic heterocycles. The average molecular weight is 352 g/mol. The Kier molecular flexibility index (Phi) is 2.29. The number of aromatic nitrogens is 1. The number of halogens is 1. The molecule has 3 aromatic carbocycles. The SMILES string of the molecule is Brc1ccc2c(c1)[nH]c1c2ccc2c3ccccc3sc21. The third-order valence-electron chi connectivity index (χ3n) is 4.08. The van der Waals surface area contributed by atoms with Crippen LogP contribution in [0, 0.1) is 0 Å². The molecule has 0 spiro atoms. The molecule has 21 heavy (non-hydrogen) atoms. The Labute approximate surface area is 133 Å². The molecule has 0 aliphatic heterocycles. The Morgan fingerprint density at radius 1 is 0.810 bits per heavy atom. The predicted molar refractivity (Wildman–Crippen MR) is 96.4 cm³/mol. The van der Waals surface area contributed by atoms with E-state index in [2.05, 4.69) is 75.5 Å². The lowest BCUT2D eigenvalue weighted by Gasteiger charge is -1.94. The molecule has 5 rings (SSSR count). The Bertz CT molecular complexity index is 1150. The molecular weight excluding hydrogens is 342 g/mol. The predicted octanol–water partition coefficient (Wildman–Crippen LogP) is 6.45. The van der Waals surface area contributed by atoms with Crippen LogP contribution in [0.4, 0.5) is 0 Å². The number of nitrogens with one attached hydrogen (secondary N) is 1. The molecule has 0 fully saturated rings. The van der Waals surface area contributed by atoms with Gasteiger partial charge >= 0.3 is 0 Å². The summed E-state index contributed by atoms with van der Waals surface area (Å²) >= 11 is 5.42. The summed E-state index contributed by atoms with van der Waals surface area (Å²) < 4.78 is 3.80. The van der Waals surface area contributed by atoms with Gasteiger partial charge in [0.05, 0.1) is 10.2 Å². The highest BCUT2D eigenvalue weighted by Crippen LogP contribution is 2.40. The summed E-state index contributed by atoms with van der Waals surface area (Å²) in [4.78, 5) is 3.60. The summed E-state index contributed by atoms with van der Waals surface area (Å²) in [7, 11) is 0. The van der Waals surface area contributed by atoms with Crippen LogP contribution in [0.15, 0.2) is 59.1 Å². The lowest BCUT2D eigenvalue weighted by Crippen LogP contribution is -1.69. The first-order chi connectivity index (χ1) is 10.3. The van der Waals surface area contributed by atoms with Crippen LogP contribution in [-0.4, -0.2) is 4.98 Å². The van der Waals surface area contributed by atoms with E-state index in [-0.39, 0.29) is 0 Å². The third-order valence-corrected chi connectivity index (χ3v) is 5.78. The number of aromatic amines is 1. The first kappa shape index (κ1) is 11.8. The van der Waals surface area contributed by atoms with Crippen molar-refractivity contribution in [1.82, 2.24) is 4.98 Å². The van der Waals surface area contributed by atoms with Crippen LogP contribution in [0.1, 0.15) is 0 Å². The van der Waals surface area contributed by atoms with E-state index in [4.69, 9.17) is 0 Å².